The topological polar surface area (TPSA) is 46.5 Å². The molecule has 0 fully saturated rings. The molecule has 2 aromatic carbocycles. The van der Waals surface area contributed by atoms with Gasteiger partial charge in [-0.15, -0.1) is 0 Å². The van der Waals surface area contributed by atoms with Crippen molar-refractivity contribution in [3.63, 3.8) is 0 Å². The molecule has 0 aromatic heterocycles. The van der Waals surface area contributed by atoms with Crippen molar-refractivity contribution in [2.45, 2.75) is 6.61 Å². The number of halogens is 1. The first-order valence-electron chi connectivity index (χ1n) is 6.02. The van der Waals surface area contributed by atoms with Crippen LogP contribution in [0.15, 0.2) is 59.1 Å². The van der Waals surface area contributed by atoms with Gasteiger partial charge in [0.1, 0.15) is 12.4 Å². The maximum Gasteiger partial charge on any atom is 0.328 e. The molecule has 4 heteroatoms. The van der Waals surface area contributed by atoms with Crippen LogP contribution in [0.25, 0.3) is 6.08 Å². The molecule has 1 N–H and O–H groups in total. The molecular weight excluding hydrogens is 320 g/mol. The van der Waals surface area contributed by atoms with Gasteiger partial charge in [-0.1, -0.05) is 46.3 Å². The second kappa shape index (κ2) is 6.91. The third-order valence-corrected chi connectivity index (χ3v) is 3.16. The largest absolute Gasteiger partial charge is 0.488 e. The zero-order valence-electron chi connectivity index (χ0n) is 10.6. The summed E-state index contributed by atoms with van der Waals surface area (Å²) in [5.41, 5.74) is 1.79. The standard InChI is InChI=1S/C16H13BrO3/c17-14-8-5-12(6-9-14)11-20-15-4-2-1-3-13(15)7-10-16(18)19/h1-10H,11H2,(H,18,19)/b10-7+. The van der Waals surface area contributed by atoms with Crippen LogP contribution in [0.2, 0.25) is 0 Å². The Balaban J connectivity index is 2.09. The monoisotopic (exact) mass is 332 g/mol. The molecule has 0 amide bonds. The van der Waals surface area contributed by atoms with Crippen LogP contribution in [0.5, 0.6) is 5.75 Å². The van der Waals surface area contributed by atoms with E-state index in [-0.39, 0.29) is 0 Å². The molecule has 0 aliphatic heterocycles. The van der Waals surface area contributed by atoms with Gasteiger partial charge < -0.3 is 9.84 Å². The predicted molar refractivity (Wildman–Crippen MR) is 81.6 cm³/mol. The Morgan fingerprint density at radius 3 is 2.55 bits per heavy atom. The van der Waals surface area contributed by atoms with Crippen LogP contribution in [0.4, 0.5) is 0 Å². The molecule has 0 spiro atoms. The minimum absolute atomic E-state index is 0.436. The minimum Gasteiger partial charge on any atom is -0.488 e. The van der Waals surface area contributed by atoms with Crippen molar-refractivity contribution in [2.24, 2.45) is 0 Å². The van der Waals surface area contributed by atoms with E-state index in [0.29, 0.717) is 12.4 Å². The Bertz CT molecular complexity index is 618. The van der Waals surface area contributed by atoms with Crippen LogP contribution in [0, 0.1) is 0 Å². The third kappa shape index (κ3) is 4.24. The molecule has 0 bridgehead atoms. The second-order valence-electron chi connectivity index (χ2n) is 4.12. The maximum atomic E-state index is 10.6. The van der Waals surface area contributed by atoms with Crippen LogP contribution in [0.1, 0.15) is 11.1 Å². The molecule has 3 nitrogen and oxygen atoms in total. The minimum atomic E-state index is -0.979. The van der Waals surface area contributed by atoms with Crippen molar-refractivity contribution in [1.29, 1.82) is 0 Å². The first-order valence-corrected chi connectivity index (χ1v) is 6.82. The Morgan fingerprint density at radius 1 is 1.15 bits per heavy atom. The average molecular weight is 333 g/mol. The highest BCUT2D eigenvalue weighted by atomic mass is 79.9. The lowest BCUT2D eigenvalue weighted by molar-refractivity contribution is -0.131. The van der Waals surface area contributed by atoms with Crippen molar-refractivity contribution in [2.75, 3.05) is 0 Å². The van der Waals surface area contributed by atoms with Crippen molar-refractivity contribution in [3.8, 4) is 5.75 Å². The summed E-state index contributed by atoms with van der Waals surface area (Å²) in [6.07, 6.45) is 2.63. The first kappa shape index (κ1) is 14.3. The van der Waals surface area contributed by atoms with Gasteiger partial charge in [0.2, 0.25) is 0 Å². The van der Waals surface area contributed by atoms with Gasteiger partial charge in [-0.05, 0) is 29.8 Å². The molecule has 0 saturated heterocycles. The van der Waals surface area contributed by atoms with E-state index >= 15 is 0 Å². The third-order valence-electron chi connectivity index (χ3n) is 2.63. The van der Waals surface area contributed by atoms with E-state index in [1.165, 1.54) is 6.08 Å². The normalized spacial score (nSPS) is 10.7. The zero-order valence-corrected chi connectivity index (χ0v) is 12.2. The molecule has 2 rings (SSSR count). The molecule has 0 unspecified atom stereocenters. The van der Waals surface area contributed by atoms with Gasteiger partial charge >= 0.3 is 5.97 Å². The van der Waals surface area contributed by atoms with E-state index in [4.69, 9.17) is 9.84 Å². The van der Waals surface area contributed by atoms with Crippen LogP contribution in [0.3, 0.4) is 0 Å². The lowest BCUT2D eigenvalue weighted by Crippen LogP contribution is -1.97. The second-order valence-corrected chi connectivity index (χ2v) is 5.04. The van der Waals surface area contributed by atoms with E-state index in [0.717, 1.165) is 21.7 Å². The highest BCUT2D eigenvalue weighted by Crippen LogP contribution is 2.21. The van der Waals surface area contributed by atoms with Gasteiger partial charge in [0.15, 0.2) is 0 Å². The van der Waals surface area contributed by atoms with Gasteiger partial charge in [-0.25, -0.2) is 4.79 Å². The highest BCUT2D eigenvalue weighted by molar-refractivity contribution is 9.10. The molecule has 102 valence electrons. The number of benzene rings is 2. The Labute approximate surface area is 125 Å². The number of carboxylic acid groups (broad SMARTS) is 1. The van der Waals surface area contributed by atoms with E-state index in [2.05, 4.69) is 15.9 Å². The van der Waals surface area contributed by atoms with Crippen molar-refractivity contribution in [3.05, 3.63) is 70.2 Å². The highest BCUT2D eigenvalue weighted by Gasteiger charge is 2.01. The number of hydrogen-bond acceptors (Lipinski definition) is 2. The SMILES string of the molecule is O=C(O)/C=C/c1ccccc1OCc1ccc(Br)cc1. The number of carboxylic acids is 1. The summed E-state index contributed by atoms with van der Waals surface area (Å²) in [5.74, 6) is -0.319. The average Bonchev–Trinajstić information content (AvgIpc) is 2.45. The number of ether oxygens (including phenoxy) is 1. The van der Waals surface area contributed by atoms with Crippen molar-refractivity contribution < 1.29 is 14.6 Å². The lowest BCUT2D eigenvalue weighted by Gasteiger charge is -2.09. The number of para-hydroxylation sites is 1. The van der Waals surface area contributed by atoms with Gasteiger partial charge in [0, 0.05) is 16.1 Å². The summed E-state index contributed by atoms with van der Waals surface area (Å²) in [4.78, 5) is 10.6. The maximum absolute atomic E-state index is 10.6. The smallest absolute Gasteiger partial charge is 0.328 e. The summed E-state index contributed by atoms with van der Waals surface area (Å²) in [5, 5.41) is 8.67. The summed E-state index contributed by atoms with van der Waals surface area (Å²) >= 11 is 3.38. The molecular formula is C16H13BrO3. The van der Waals surface area contributed by atoms with E-state index in [1.54, 1.807) is 0 Å². The molecule has 2 aromatic rings. The van der Waals surface area contributed by atoms with Gasteiger partial charge in [0.25, 0.3) is 0 Å². The number of carbonyl (C=O) groups is 1. The molecule has 0 heterocycles. The van der Waals surface area contributed by atoms with Crippen LogP contribution < -0.4 is 4.74 Å². The molecule has 20 heavy (non-hydrogen) atoms. The first-order chi connectivity index (χ1) is 9.65. The van der Waals surface area contributed by atoms with Crippen molar-refractivity contribution >= 4 is 28.0 Å². The molecule has 0 radical (unpaired) electrons. The van der Waals surface area contributed by atoms with Gasteiger partial charge in [0.05, 0.1) is 0 Å². The Hall–Kier alpha value is -2.07. The quantitative estimate of drug-likeness (QED) is 0.837. The summed E-state index contributed by atoms with van der Waals surface area (Å²) in [6.45, 7) is 0.436. The molecule has 0 aliphatic rings. The molecule has 0 saturated carbocycles. The van der Waals surface area contributed by atoms with Crippen LogP contribution >= 0.6 is 15.9 Å². The number of aliphatic carboxylic acids is 1. The van der Waals surface area contributed by atoms with E-state index in [1.807, 2.05) is 48.5 Å². The van der Waals surface area contributed by atoms with Gasteiger partial charge in [-0.3, -0.25) is 0 Å². The van der Waals surface area contributed by atoms with Gasteiger partial charge in [-0.2, -0.15) is 0 Å². The fourth-order valence-corrected chi connectivity index (χ4v) is 1.92. The molecule has 0 aliphatic carbocycles. The predicted octanol–water partition coefficient (Wildman–Crippen LogP) is 4.13. The fourth-order valence-electron chi connectivity index (χ4n) is 1.65. The van der Waals surface area contributed by atoms with Crippen LogP contribution in [-0.2, 0) is 11.4 Å². The van der Waals surface area contributed by atoms with Crippen LogP contribution in [-0.4, -0.2) is 11.1 Å². The number of rotatable bonds is 5. The summed E-state index contributed by atoms with van der Waals surface area (Å²) in [7, 11) is 0. The van der Waals surface area contributed by atoms with Crippen molar-refractivity contribution in [1.82, 2.24) is 0 Å². The van der Waals surface area contributed by atoms with E-state index in [9.17, 15) is 4.79 Å². The fraction of sp³-hybridized carbons (Fsp3) is 0.0625. The number of hydrogen-bond donors (Lipinski definition) is 1. The summed E-state index contributed by atoms with van der Waals surface area (Å²) in [6, 6.07) is 15.2. The lowest BCUT2D eigenvalue weighted by atomic mass is 10.2. The Morgan fingerprint density at radius 2 is 1.85 bits per heavy atom. The molecule has 0 atom stereocenters. The Kier molecular flexibility index (Phi) is 4.96. The summed E-state index contributed by atoms with van der Waals surface area (Å²) < 4.78 is 6.76. The van der Waals surface area contributed by atoms with E-state index < -0.39 is 5.97 Å². The zero-order chi connectivity index (χ0) is 14.4.